The van der Waals surface area contributed by atoms with Crippen molar-refractivity contribution in [3.8, 4) is 0 Å². The molecule has 5 nitrogen and oxygen atoms in total. The molecule has 0 radical (unpaired) electrons. The van der Waals surface area contributed by atoms with Gasteiger partial charge in [0, 0.05) is 26.7 Å². The maximum absolute atomic E-state index is 12.8. The van der Waals surface area contributed by atoms with Crippen LogP contribution in [0.1, 0.15) is 17.5 Å². The number of rotatable bonds is 6. The molecule has 21 heavy (non-hydrogen) atoms. The van der Waals surface area contributed by atoms with E-state index in [0.29, 0.717) is 37.1 Å². The molecule has 6 heteroatoms. The molecule has 1 atom stereocenters. The normalized spacial score (nSPS) is 20.0. The Hall–Kier alpha value is -0.950. The Morgan fingerprint density at radius 1 is 1.43 bits per heavy atom. The Bertz CT molecular complexity index is 587. The summed E-state index contributed by atoms with van der Waals surface area (Å²) in [5, 5.41) is 3.05. The van der Waals surface area contributed by atoms with E-state index < -0.39 is 10.0 Å². The summed E-state index contributed by atoms with van der Waals surface area (Å²) in [6.07, 6.45) is 0.863. The van der Waals surface area contributed by atoms with Gasteiger partial charge in [-0.25, -0.2) is 8.42 Å². The molecule has 1 aromatic rings. The van der Waals surface area contributed by atoms with Crippen LogP contribution in [-0.2, 0) is 21.3 Å². The summed E-state index contributed by atoms with van der Waals surface area (Å²) in [5.74, 6) is 0.297. The van der Waals surface area contributed by atoms with E-state index in [1.165, 1.54) is 0 Å². The molecular formula is C15H24N2O3S. The highest BCUT2D eigenvalue weighted by Crippen LogP contribution is 2.27. The van der Waals surface area contributed by atoms with E-state index in [9.17, 15) is 8.42 Å². The zero-order valence-corrected chi connectivity index (χ0v) is 13.7. The van der Waals surface area contributed by atoms with Gasteiger partial charge in [-0.1, -0.05) is 12.1 Å². The molecular weight excluding hydrogens is 288 g/mol. The summed E-state index contributed by atoms with van der Waals surface area (Å²) in [6, 6.07) is 5.62. The van der Waals surface area contributed by atoms with Crippen LogP contribution in [0.3, 0.4) is 0 Å². The first-order valence-corrected chi connectivity index (χ1v) is 8.66. The lowest BCUT2D eigenvalue weighted by molar-refractivity contribution is 0.157. The van der Waals surface area contributed by atoms with Gasteiger partial charge in [0.1, 0.15) is 0 Å². The Kier molecular flexibility index (Phi) is 5.37. The van der Waals surface area contributed by atoms with Gasteiger partial charge >= 0.3 is 0 Å². The lowest BCUT2D eigenvalue weighted by Gasteiger charge is -2.18. The number of nitrogens with zero attached hydrogens (tertiary/aromatic N) is 1. The minimum Gasteiger partial charge on any atom is -0.384 e. The van der Waals surface area contributed by atoms with Gasteiger partial charge in [0.15, 0.2) is 0 Å². The van der Waals surface area contributed by atoms with E-state index in [1.807, 2.05) is 26.1 Å². The standard InChI is InChI=1S/C15H24N2O3S/c1-12-4-5-13(9-16-2)8-15(12)21(18,19)17-7-6-14(10-17)11-20-3/h4-5,8,14,16H,6-7,9-11H2,1-3H3. The van der Waals surface area contributed by atoms with Crippen molar-refractivity contribution in [2.24, 2.45) is 5.92 Å². The van der Waals surface area contributed by atoms with Crippen LogP contribution >= 0.6 is 0 Å². The molecule has 1 heterocycles. The van der Waals surface area contributed by atoms with Crippen molar-refractivity contribution in [2.45, 2.75) is 24.8 Å². The van der Waals surface area contributed by atoms with Crippen LogP contribution in [0, 0.1) is 12.8 Å². The second-order valence-corrected chi connectivity index (χ2v) is 7.51. The van der Waals surface area contributed by atoms with Crippen LogP contribution in [0.5, 0.6) is 0 Å². The third-order valence-electron chi connectivity index (χ3n) is 3.90. The number of sulfonamides is 1. The summed E-state index contributed by atoms with van der Waals surface area (Å²) >= 11 is 0. The highest BCUT2D eigenvalue weighted by atomic mass is 32.2. The number of hydrogen-bond donors (Lipinski definition) is 1. The highest BCUT2D eigenvalue weighted by molar-refractivity contribution is 7.89. The fraction of sp³-hybridized carbons (Fsp3) is 0.600. The summed E-state index contributed by atoms with van der Waals surface area (Å²) < 4.78 is 32.4. The quantitative estimate of drug-likeness (QED) is 0.862. The molecule has 1 aliphatic rings. The molecule has 1 saturated heterocycles. The van der Waals surface area contributed by atoms with Crippen molar-refractivity contribution in [2.75, 3.05) is 33.9 Å². The number of methoxy groups -OCH3 is 1. The molecule has 0 amide bonds. The van der Waals surface area contributed by atoms with Gasteiger partial charge < -0.3 is 10.1 Å². The minimum atomic E-state index is -3.41. The van der Waals surface area contributed by atoms with Crippen LogP contribution < -0.4 is 5.32 Å². The minimum absolute atomic E-state index is 0.297. The van der Waals surface area contributed by atoms with Gasteiger partial charge in [-0.3, -0.25) is 0 Å². The molecule has 0 bridgehead atoms. The Labute approximate surface area is 127 Å². The van der Waals surface area contributed by atoms with E-state index in [4.69, 9.17) is 4.74 Å². The molecule has 1 N–H and O–H groups in total. The Morgan fingerprint density at radius 3 is 2.86 bits per heavy atom. The van der Waals surface area contributed by atoms with Gasteiger partial charge in [0.25, 0.3) is 0 Å². The second-order valence-electron chi connectivity index (χ2n) is 5.60. The van der Waals surface area contributed by atoms with Gasteiger partial charge in [-0.15, -0.1) is 0 Å². The smallest absolute Gasteiger partial charge is 0.243 e. The van der Waals surface area contributed by atoms with E-state index in [0.717, 1.165) is 17.5 Å². The molecule has 1 aromatic carbocycles. The maximum atomic E-state index is 12.8. The van der Waals surface area contributed by atoms with Crippen molar-refractivity contribution in [3.05, 3.63) is 29.3 Å². The number of aryl methyl sites for hydroxylation is 1. The summed E-state index contributed by atoms with van der Waals surface area (Å²) in [7, 11) is 0.0949. The number of benzene rings is 1. The third-order valence-corrected chi connectivity index (χ3v) is 5.91. The third kappa shape index (κ3) is 3.63. The van der Waals surface area contributed by atoms with Gasteiger partial charge in [-0.2, -0.15) is 4.31 Å². The number of hydrogen-bond acceptors (Lipinski definition) is 4. The predicted octanol–water partition coefficient (Wildman–Crippen LogP) is 1.37. The summed E-state index contributed by atoms with van der Waals surface area (Å²) in [5.41, 5.74) is 1.78. The second kappa shape index (κ2) is 6.87. The van der Waals surface area contributed by atoms with Gasteiger partial charge in [-0.05, 0) is 43.5 Å². The predicted molar refractivity (Wildman–Crippen MR) is 82.7 cm³/mol. The summed E-state index contributed by atoms with van der Waals surface area (Å²) in [4.78, 5) is 0.424. The van der Waals surface area contributed by atoms with Crippen LogP contribution in [0.15, 0.2) is 23.1 Å². The first-order chi connectivity index (χ1) is 9.98. The molecule has 0 saturated carbocycles. The molecule has 1 unspecified atom stereocenters. The van der Waals surface area contributed by atoms with Gasteiger partial charge in [0.2, 0.25) is 10.0 Å². The van der Waals surface area contributed by atoms with Crippen molar-refractivity contribution < 1.29 is 13.2 Å². The van der Waals surface area contributed by atoms with Crippen LogP contribution in [-0.4, -0.2) is 46.6 Å². The van der Waals surface area contributed by atoms with Crippen molar-refractivity contribution in [1.29, 1.82) is 0 Å². The topological polar surface area (TPSA) is 58.6 Å². The average molecular weight is 312 g/mol. The van der Waals surface area contributed by atoms with Gasteiger partial charge in [0.05, 0.1) is 11.5 Å². The molecule has 1 fully saturated rings. The molecule has 1 aliphatic heterocycles. The fourth-order valence-electron chi connectivity index (χ4n) is 2.76. The lowest BCUT2D eigenvalue weighted by Crippen LogP contribution is -2.30. The zero-order valence-electron chi connectivity index (χ0n) is 12.9. The fourth-order valence-corrected chi connectivity index (χ4v) is 4.57. The molecule has 2 rings (SSSR count). The van der Waals surface area contributed by atoms with Crippen molar-refractivity contribution >= 4 is 10.0 Å². The SMILES string of the molecule is CNCc1ccc(C)c(S(=O)(=O)N2CCC(COC)C2)c1. The monoisotopic (exact) mass is 312 g/mol. The van der Waals surface area contributed by atoms with Crippen LogP contribution in [0.4, 0.5) is 0 Å². The van der Waals surface area contributed by atoms with Crippen LogP contribution in [0.2, 0.25) is 0 Å². The highest BCUT2D eigenvalue weighted by Gasteiger charge is 2.33. The largest absolute Gasteiger partial charge is 0.384 e. The van der Waals surface area contributed by atoms with E-state index in [-0.39, 0.29) is 0 Å². The van der Waals surface area contributed by atoms with Crippen molar-refractivity contribution in [1.82, 2.24) is 9.62 Å². The number of ether oxygens (including phenoxy) is 1. The van der Waals surface area contributed by atoms with E-state index in [1.54, 1.807) is 17.5 Å². The molecule has 0 aliphatic carbocycles. The molecule has 118 valence electrons. The zero-order chi connectivity index (χ0) is 15.5. The number of nitrogens with one attached hydrogen (secondary N) is 1. The average Bonchev–Trinajstić information content (AvgIpc) is 2.91. The van der Waals surface area contributed by atoms with Crippen molar-refractivity contribution in [3.63, 3.8) is 0 Å². The van der Waals surface area contributed by atoms with E-state index >= 15 is 0 Å². The first-order valence-electron chi connectivity index (χ1n) is 7.22. The Balaban J connectivity index is 2.25. The van der Waals surface area contributed by atoms with Crippen LogP contribution in [0.25, 0.3) is 0 Å². The molecule has 0 spiro atoms. The molecule has 0 aromatic heterocycles. The Morgan fingerprint density at radius 2 is 2.19 bits per heavy atom. The maximum Gasteiger partial charge on any atom is 0.243 e. The summed E-state index contributed by atoms with van der Waals surface area (Å²) in [6.45, 7) is 4.25. The lowest BCUT2D eigenvalue weighted by atomic mass is 10.1. The van der Waals surface area contributed by atoms with E-state index in [2.05, 4.69) is 5.32 Å². The first kappa shape index (κ1) is 16.4.